The average molecular weight is 484 g/mol. The molecule has 0 aliphatic carbocycles. The molecule has 4 aromatic rings. The van der Waals surface area contributed by atoms with E-state index in [1.807, 2.05) is 18.2 Å². The minimum Gasteiger partial charge on any atom is -0.497 e. The van der Waals surface area contributed by atoms with Crippen LogP contribution in [0, 0.1) is 0 Å². The highest BCUT2D eigenvalue weighted by atomic mass is 32.2. The zero-order valence-electron chi connectivity index (χ0n) is 17.7. The van der Waals surface area contributed by atoms with Crippen LogP contribution in [0.2, 0.25) is 0 Å². The number of anilines is 1. The van der Waals surface area contributed by atoms with Crippen LogP contribution in [-0.4, -0.2) is 43.5 Å². The van der Waals surface area contributed by atoms with Crippen LogP contribution >= 0.6 is 11.3 Å². The summed E-state index contributed by atoms with van der Waals surface area (Å²) in [5.74, 6) is 0.619. The third-order valence-electron chi connectivity index (χ3n) is 5.82. The Morgan fingerprint density at radius 1 is 1.18 bits per heavy atom. The second kappa shape index (κ2) is 7.94. The van der Waals surface area contributed by atoms with Crippen LogP contribution in [-0.2, 0) is 21.2 Å². The number of benzene rings is 2. The highest BCUT2D eigenvalue weighted by Crippen LogP contribution is 2.33. The number of carbonyl (C=O) groups excluding carboxylic acids is 1. The van der Waals surface area contributed by atoms with Gasteiger partial charge in [-0.3, -0.25) is 4.79 Å². The molecule has 4 N–H and O–H groups in total. The second-order valence-electron chi connectivity index (χ2n) is 7.94. The SMILES string of the molecule is COc1ccc2ccc(S(=O)(=O)N[C@]3(Cc4cc5c(N)ncnc5s4)CCNC3=O)cc2c1. The molecule has 1 aliphatic heterocycles. The van der Waals surface area contributed by atoms with Crippen LogP contribution in [0.25, 0.3) is 21.0 Å². The maximum Gasteiger partial charge on any atom is 0.241 e. The molecule has 0 unspecified atom stereocenters. The number of nitrogens with zero attached hydrogens (tertiary/aromatic N) is 2. The molecule has 0 saturated carbocycles. The average Bonchev–Trinajstić information content (AvgIpc) is 3.36. The van der Waals surface area contributed by atoms with Crippen LogP contribution < -0.4 is 20.5 Å². The molecule has 11 heteroatoms. The summed E-state index contributed by atoms with van der Waals surface area (Å²) in [6.07, 6.45) is 1.88. The molecule has 0 spiro atoms. The van der Waals surface area contributed by atoms with Gasteiger partial charge in [-0.2, -0.15) is 4.72 Å². The summed E-state index contributed by atoms with van der Waals surface area (Å²) in [5, 5.41) is 5.06. The van der Waals surface area contributed by atoms with Crippen molar-refractivity contribution in [2.45, 2.75) is 23.3 Å². The third kappa shape index (κ3) is 3.88. The first-order valence-corrected chi connectivity index (χ1v) is 12.5. The van der Waals surface area contributed by atoms with E-state index in [0.717, 1.165) is 15.6 Å². The van der Waals surface area contributed by atoms with Gasteiger partial charge in [0.05, 0.1) is 17.4 Å². The highest BCUT2D eigenvalue weighted by molar-refractivity contribution is 7.89. The van der Waals surface area contributed by atoms with Crippen molar-refractivity contribution in [1.29, 1.82) is 0 Å². The summed E-state index contributed by atoms with van der Waals surface area (Å²) in [4.78, 5) is 22.7. The Hall–Kier alpha value is -3.28. The van der Waals surface area contributed by atoms with E-state index in [-0.39, 0.29) is 17.2 Å². The molecular weight excluding hydrogens is 462 g/mol. The molecule has 1 fully saturated rings. The van der Waals surface area contributed by atoms with Gasteiger partial charge in [0.15, 0.2) is 0 Å². The lowest BCUT2D eigenvalue weighted by Gasteiger charge is -2.26. The van der Waals surface area contributed by atoms with Gasteiger partial charge in [0.2, 0.25) is 15.9 Å². The lowest BCUT2D eigenvalue weighted by Crippen LogP contribution is -2.54. The molecule has 33 heavy (non-hydrogen) atoms. The van der Waals surface area contributed by atoms with Gasteiger partial charge in [-0.15, -0.1) is 11.3 Å². The van der Waals surface area contributed by atoms with Crippen molar-refractivity contribution in [2.75, 3.05) is 19.4 Å². The summed E-state index contributed by atoms with van der Waals surface area (Å²) in [5.41, 5.74) is 4.62. The molecule has 0 radical (unpaired) electrons. The minimum atomic E-state index is -4.00. The normalized spacial score (nSPS) is 18.6. The Balaban J connectivity index is 1.51. The zero-order valence-corrected chi connectivity index (χ0v) is 19.3. The second-order valence-corrected chi connectivity index (χ2v) is 10.7. The number of thiophene rings is 1. The molecule has 3 heterocycles. The van der Waals surface area contributed by atoms with E-state index >= 15 is 0 Å². The van der Waals surface area contributed by atoms with Crippen LogP contribution in [0.4, 0.5) is 5.82 Å². The first-order valence-electron chi connectivity index (χ1n) is 10.2. The smallest absolute Gasteiger partial charge is 0.241 e. The lowest BCUT2D eigenvalue weighted by molar-refractivity contribution is -0.124. The maximum atomic E-state index is 13.4. The molecular formula is C22H21N5O4S2. The van der Waals surface area contributed by atoms with E-state index in [2.05, 4.69) is 20.0 Å². The fourth-order valence-electron chi connectivity index (χ4n) is 4.10. The van der Waals surface area contributed by atoms with Crippen molar-refractivity contribution in [2.24, 2.45) is 0 Å². The molecule has 1 atom stereocenters. The standard InChI is InChI=1S/C22H21N5O4S2/c1-31-15-4-2-13-3-5-17(9-14(13)8-15)33(29,30)27-22(6-7-24-21(22)28)11-16-10-18-19(23)25-12-26-20(18)32-16/h2-5,8-10,12,27H,6-7,11H2,1H3,(H,24,28)(H2,23,25,26)/t22-/m0/s1. The number of amides is 1. The third-order valence-corrected chi connectivity index (χ3v) is 8.40. The van der Waals surface area contributed by atoms with Crippen molar-refractivity contribution in [3.63, 3.8) is 0 Å². The summed E-state index contributed by atoms with van der Waals surface area (Å²) in [6, 6.07) is 12.1. The van der Waals surface area contributed by atoms with E-state index in [4.69, 9.17) is 10.5 Å². The Morgan fingerprint density at radius 3 is 2.73 bits per heavy atom. The van der Waals surface area contributed by atoms with Gasteiger partial charge in [0.25, 0.3) is 0 Å². The van der Waals surface area contributed by atoms with Crippen molar-refractivity contribution in [1.82, 2.24) is 20.0 Å². The number of nitrogens with one attached hydrogen (secondary N) is 2. The molecule has 1 amide bonds. The fraction of sp³-hybridized carbons (Fsp3) is 0.227. The number of nitrogen functional groups attached to an aromatic ring is 1. The molecule has 2 aromatic carbocycles. The quantitative estimate of drug-likeness (QED) is 0.382. The van der Waals surface area contributed by atoms with Gasteiger partial charge in [-0.25, -0.2) is 18.4 Å². The molecule has 9 nitrogen and oxygen atoms in total. The van der Waals surface area contributed by atoms with E-state index < -0.39 is 15.6 Å². The predicted molar refractivity (Wildman–Crippen MR) is 127 cm³/mol. The van der Waals surface area contributed by atoms with Gasteiger partial charge in [0, 0.05) is 17.8 Å². The van der Waals surface area contributed by atoms with Crippen LogP contribution in [0.5, 0.6) is 5.75 Å². The fourth-order valence-corrected chi connectivity index (χ4v) is 6.64. The van der Waals surface area contributed by atoms with E-state index in [1.54, 1.807) is 25.3 Å². The molecule has 170 valence electrons. The molecule has 5 rings (SSSR count). The largest absolute Gasteiger partial charge is 0.497 e. The van der Waals surface area contributed by atoms with Crippen molar-refractivity contribution < 1.29 is 17.9 Å². The summed E-state index contributed by atoms with van der Waals surface area (Å²) in [7, 11) is -2.45. The monoisotopic (exact) mass is 483 g/mol. The summed E-state index contributed by atoms with van der Waals surface area (Å²) < 4.78 is 34.7. The minimum absolute atomic E-state index is 0.0776. The van der Waals surface area contributed by atoms with Crippen molar-refractivity contribution >= 4 is 54.1 Å². The first-order chi connectivity index (χ1) is 15.8. The highest BCUT2D eigenvalue weighted by Gasteiger charge is 2.46. The van der Waals surface area contributed by atoms with Crippen molar-refractivity contribution in [3.8, 4) is 5.75 Å². The summed E-state index contributed by atoms with van der Waals surface area (Å²) >= 11 is 1.37. The maximum absolute atomic E-state index is 13.4. The number of rotatable bonds is 6. The number of methoxy groups -OCH3 is 1. The molecule has 0 bridgehead atoms. The number of aromatic nitrogens is 2. The Kier molecular flexibility index (Phi) is 5.19. The van der Waals surface area contributed by atoms with Gasteiger partial charge in [0.1, 0.15) is 28.3 Å². The number of fused-ring (bicyclic) bond motifs is 2. The number of nitrogens with two attached hydrogens (primary N) is 1. The van der Waals surface area contributed by atoms with Gasteiger partial charge < -0.3 is 15.8 Å². The Bertz CT molecular complexity index is 1500. The summed E-state index contributed by atoms with van der Waals surface area (Å²) in [6.45, 7) is 0.378. The Morgan fingerprint density at radius 2 is 2.00 bits per heavy atom. The predicted octanol–water partition coefficient (Wildman–Crippen LogP) is 2.21. The van der Waals surface area contributed by atoms with E-state index in [0.29, 0.717) is 34.7 Å². The van der Waals surface area contributed by atoms with Crippen LogP contribution in [0.3, 0.4) is 0 Å². The van der Waals surface area contributed by atoms with E-state index in [1.165, 1.54) is 23.7 Å². The zero-order chi connectivity index (χ0) is 23.2. The van der Waals surface area contributed by atoms with E-state index in [9.17, 15) is 13.2 Å². The number of ether oxygens (including phenoxy) is 1. The number of hydrogen-bond donors (Lipinski definition) is 3. The number of carbonyl (C=O) groups is 1. The van der Waals surface area contributed by atoms with Gasteiger partial charge >= 0.3 is 0 Å². The van der Waals surface area contributed by atoms with Gasteiger partial charge in [-0.1, -0.05) is 12.1 Å². The Labute approximate surface area is 194 Å². The topological polar surface area (TPSA) is 136 Å². The lowest BCUT2D eigenvalue weighted by atomic mass is 9.94. The van der Waals surface area contributed by atoms with Crippen molar-refractivity contribution in [3.05, 3.63) is 53.7 Å². The number of sulfonamides is 1. The number of hydrogen-bond acceptors (Lipinski definition) is 8. The first kappa shape index (κ1) is 21.6. The molecule has 1 aliphatic rings. The van der Waals surface area contributed by atoms with Crippen LogP contribution in [0.15, 0.2) is 53.7 Å². The molecule has 1 saturated heterocycles. The molecule has 2 aromatic heterocycles. The van der Waals surface area contributed by atoms with Gasteiger partial charge in [-0.05, 0) is 47.5 Å². The van der Waals surface area contributed by atoms with Crippen LogP contribution in [0.1, 0.15) is 11.3 Å².